The molecule has 0 saturated carbocycles. The van der Waals surface area contributed by atoms with Gasteiger partial charge in [0, 0.05) is 13.5 Å². The molecule has 0 spiro atoms. The molecule has 0 bridgehead atoms. The van der Waals surface area contributed by atoms with Crippen LogP contribution in [0.4, 0.5) is 0 Å². The SMILES string of the molecule is COP(=O)([O-])C(=O)CCc1ccccc1.[Na+]. The van der Waals surface area contributed by atoms with Crippen molar-refractivity contribution in [1.29, 1.82) is 0 Å². The van der Waals surface area contributed by atoms with E-state index in [2.05, 4.69) is 4.52 Å². The smallest absolute Gasteiger partial charge is 0.773 e. The quantitative estimate of drug-likeness (QED) is 0.464. The van der Waals surface area contributed by atoms with Gasteiger partial charge in [-0.1, -0.05) is 30.3 Å². The molecule has 0 saturated heterocycles. The van der Waals surface area contributed by atoms with Gasteiger partial charge in [0.1, 0.15) is 0 Å². The van der Waals surface area contributed by atoms with Crippen LogP contribution in [0.1, 0.15) is 12.0 Å². The Bertz CT molecular complexity index is 380. The molecular weight excluding hydrogens is 238 g/mol. The number of rotatable bonds is 5. The van der Waals surface area contributed by atoms with Crippen LogP contribution in [0.3, 0.4) is 0 Å². The predicted molar refractivity (Wildman–Crippen MR) is 54.4 cm³/mol. The molecule has 6 heteroatoms. The molecule has 16 heavy (non-hydrogen) atoms. The summed E-state index contributed by atoms with van der Waals surface area (Å²) >= 11 is 0. The van der Waals surface area contributed by atoms with Crippen LogP contribution < -0.4 is 34.5 Å². The number of aryl methyl sites for hydroxylation is 1. The molecule has 1 aromatic carbocycles. The molecule has 1 rings (SSSR count). The van der Waals surface area contributed by atoms with Crippen LogP contribution in [0.5, 0.6) is 0 Å². The van der Waals surface area contributed by atoms with Gasteiger partial charge >= 0.3 is 29.6 Å². The van der Waals surface area contributed by atoms with Gasteiger partial charge in [-0.2, -0.15) is 0 Å². The van der Waals surface area contributed by atoms with Gasteiger partial charge < -0.3 is 14.0 Å². The predicted octanol–water partition coefficient (Wildman–Crippen LogP) is -1.65. The van der Waals surface area contributed by atoms with Gasteiger partial charge in [0.05, 0.1) is 0 Å². The van der Waals surface area contributed by atoms with Gasteiger partial charge in [0.25, 0.3) is 0 Å². The molecule has 0 aliphatic rings. The van der Waals surface area contributed by atoms with Crippen molar-refractivity contribution >= 4 is 13.1 Å². The van der Waals surface area contributed by atoms with Crippen LogP contribution in [0, 0.1) is 0 Å². The third-order valence-corrected chi connectivity index (χ3v) is 3.33. The van der Waals surface area contributed by atoms with Gasteiger partial charge in [-0.3, -0.25) is 4.79 Å². The minimum Gasteiger partial charge on any atom is -0.773 e. The van der Waals surface area contributed by atoms with Crippen molar-refractivity contribution in [3.05, 3.63) is 35.9 Å². The number of carbonyl (C=O) groups excluding carboxylic acids is 1. The first-order valence-electron chi connectivity index (χ1n) is 4.50. The third kappa shape index (κ3) is 4.91. The van der Waals surface area contributed by atoms with Gasteiger partial charge in [0.15, 0.2) is 7.60 Å². The molecule has 82 valence electrons. The van der Waals surface area contributed by atoms with E-state index < -0.39 is 13.1 Å². The largest absolute Gasteiger partial charge is 1.00 e. The van der Waals surface area contributed by atoms with Gasteiger partial charge in [-0.25, -0.2) is 0 Å². The van der Waals surface area contributed by atoms with Crippen LogP contribution in [-0.2, 0) is 20.3 Å². The zero-order valence-electron chi connectivity index (χ0n) is 9.38. The second kappa shape index (κ2) is 7.38. The molecule has 0 radical (unpaired) electrons. The van der Waals surface area contributed by atoms with Gasteiger partial charge in [-0.05, 0) is 12.0 Å². The van der Waals surface area contributed by atoms with Crippen LogP contribution >= 0.6 is 7.60 Å². The molecule has 0 aliphatic carbocycles. The van der Waals surface area contributed by atoms with E-state index in [-0.39, 0.29) is 36.0 Å². The van der Waals surface area contributed by atoms with E-state index in [1.165, 1.54) is 0 Å². The van der Waals surface area contributed by atoms with Crippen molar-refractivity contribution in [2.24, 2.45) is 0 Å². The summed E-state index contributed by atoms with van der Waals surface area (Å²) < 4.78 is 15.1. The first-order valence-corrected chi connectivity index (χ1v) is 6.04. The second-order valence-corrected chi connectivity index (χ2v) is 4.92. The molecule has 0 N–H and O–H groups in total. The number of hydrogen-bond acceptors (Lipinski definition) is 4. The molecule has 0 amide bonds. The number of carbonyl (C=O) groups is 1. The first kappa shape index (κ1) is 16.0. The van der Waals surface area contributed by atoms with E-state index in [0.717, 1.165) is 12.7 Å². The van der Waals surface area contributed by atoms with Crippen LogP contribution in [0.2, 0.25) is 0 Å². The Hall–Kier alpha value is 0.0400. The van der Waals surface area contributed by atoms with Crippen molar-refractivity contribution in [2.75, 3.05) is 7.11 Å². The Morgan fingerprint density at radius 1 is 1.38 bits per heavy atom. The zero-order chi connectivity index (χ0) is 11.3. The molecular formula is C10H12NaO4P. The van der Waals surface area contributed by atoms with Gasteiger partial charge in [0.2, 0.25) is 5.52 Å². The van der Waals surface area contributed by atoms with Crippen molar-refractivity contribution < 1.29 is 48.3 Å². The molecule has 0 fully saturated rings. The fraction of sp³-hybridized carbons (Fsp3) is 0.300. The third-order valence-electron chi connectivity index (χ3n) is 2.02. The number of benzene rings is 1. The van der Waals surface area contributed by atoms with Crippen molar-refractivity contribution in [3.63, 3.8) is 0 Å². The summed E-state index contributed by atoms with van der Waals surface area (Å²) in [6.45, 7) is 0. The Kier molecular flexibility index (Phi) is 7.40. The Labute approximate surface area is 117 Å². The van der Waals surface area contributed by atoms with E-state index in [1.807, 2.05) is 30.3 Å². The Morgan fingerprint density at radius 2 is 1.94 bits per heavy atom. The topological polar surface area (TPSA) is 66.4 Å². The maximum Gasteiger partial charge on any atom is 1.00 e. The summed E-state index contributed by atoms with van der Waals surface area (Å²) in [6.07, 6.45) is 0.369. The Morgan fingerprint density at radius 3 is 2.44 bits per heavy atom. The minimum atomic E-state index is -4.29. The normalized spacial score (nSPS) is 13.6. The molecule has 0 heterocycles. The average Bonchev–Trinajstić information content (AvgIpc) is 2.27. The molecule has 1 unspecified atom stereocenters. The summed E-state index contributed by atoms with van der Waals surface area (Å²) in [5.41, 5.74) is 0.0795. The Balaban J connectivity index is 0.00000225. The van der Waals surface area contributed by atoms with Crippen molar-refractivity contribution in [2.45, 2.75) is 12.8 Å². The van der Waals surface area contributed by atoms with E-state index in [1.54, 1.807) is 0 Å². The van der Waals surface area contributed by atoms with Gasteiger partial charge in [-0.15, -0.1) is 0 Å². The van der Waals surface area contributed by atoms with E-state index >= 15 is 0 Å². The summed E-state index contributed by atoms with van der Waals surface area (Å²) in [7, 11) is -3.30. The van der Waals surface area contributed by atoms with Crippen molar-refractivity contribution in [1.82, 2.24) is 0 Å². The first-order chi connectivity index (χ1) is 7.06. The molecule has 1 aromatic rings. The van der Waals surface area contributed by atoms with Crippen LogP contribution in [0.15, 0.2) is 30.3 Å². The molecule has 0 aliphatic heterocycles. The standard InChI is InChI=1S/C10H13O4P.Na/c1-14-15(12,13)10(11)8-7-9-5-3-2-4-6-9;/h2-6H,7-8H2,1H3,(H,12,13);/q;+1/p-1. The summed E-state index contributed by atoms with van der Waals surface area (Å²) in [5.74, 6) is 0. The molecule has 0 aromatic heterocycles. The summed E-state index contributed by atoms with van der Waals surface area (Å²) in [6, 6.07) is 9.23. The minimum absolute atomic E-state index is 0. The summed E-state index contributed by atoms with van der Waals surface area (Å²) in [4.78, 5) is 22.1. The fourth-order valence-electron chi connectivity index (χ4n) is 1.13. The second-order valence-electron chi connectivity index (χ2n) is 3.06. The van der Waals surface area contributed by atoms with E-state index in [4.69, 9.17) is 0 Å². The molecule has 1 atom stereocenters. The maximum absolute atomic E-state index is 11.2. The van der Waals surface area contributed by atoms with E-state index in [9.17, 15) is 14.3 Å². The van der Waals surface area contributed by atoms with E-state index in [0.29, 0.717) is 6.42 Å². The summed E-state index contributed by atoms with van der Waals surface area (Å²) in [5, 5.41) is 0. The zero-order valence-corrected chi connectivity index (χ0v) is 12.3. The van der Waals surface area contributed by atoms with Crippen LogP contribution in [0.25, 0.3) is 0 Å². The van der Waals surface area contributed by atoms with Crippen molar-refractivity contribution in [3.8, 4) is 0 Å². The monoisotopic (exact) mass is 250 g/mol. The molecule has 4 nitrogen and oxygen atoms in total. The fourth-order valence-corrected chi connectivity index (χ4v) is 1.72. The van der Waals surface area contributed by atoms with Crippen LogP contribution in [-0.4, -0.2) is 12.6 Å². The number of hydrogen-bond donors (Lipinski definition) is 0. The maximum atomic E-state index is 11.2. The average molecular weight is 250 g/mol.